The van der Waals surface area contributed by atoms with Gasteiger partial charge in [0.05, 0.1) is 4.90 Å². The van der Waals surface area contributed by atoms with Crippen LogP contribution in [0.3, 0.4) is 0 Å². The molecule has 1 aromatic rings. The molecule has 0 bridgehead atoms. The van der Waals surface area contributed by atoms with Gasteiger partial charge >= 0.3 is 6.18 Å². The highest BCUT2D eigenvalue weighted by Gasteiger charge is 2.49. The molecular weight excluding hydrogens is 303 g/mol. The van der Waals surface area contributed by atoms with E-state index in [0.717, 1.165) is 11.1 Å². The second kappa shape index (κ2) is 5.61. The number of benzene rings is 1. The molecule has 7 heteroatoms. The lowest BCUT2D eigenvalue weighted by Gasteiger charge is -2.35. The summed E-state index contributed by atoms with van der Waals surface area (Å²) in [6.45, 7) is 3.48. The molecule has 1 aliphatic heterocycles. The van der Waals surface area contributed by atoms with E-state index in [1.165, 1.54) is 12.1 Å². The summed E-state index contributed by atoms with van der Waals surface area (Å²) in [7, 11) is -4.12. The zero-order chi connectivity index (χ0) is 15.8. The van der Waals surface area contributed by atoms with Crippen LogP contribution >= 0.6 is 0 Å². The molecule has 0 aromatic heterocycles. The Balaban J connectivity index is 2.43. The van der Waals surface area contributed by atoms with Crippen molar-refractivity contribution in [2.24, 2.45) is 0 Å². The molecule has 1 fully saturated rings. The highest BCUT2D eigenvalue weighted by atomic mass is 32.2. The maximum atomic E-state index is 13.1. The number of rotatable bonds is 2. The van der Waals surface area contributed by atoms with Gasteiger partial charge in [0.25, 0.3) is 0 Å². The van der Waals surface area contributed by atoms with E-state index in [9.17, 15) is 21.6 Å². The standard InChI is InChI=1S/C14H18F3NO2S/c1-10-6-7-12(9-11(10)2)21(19,20)18-8-4-3-5-13(18)14(15,16)17/h6-7,9,13H,3-5,8H2,1-2H3. The van der Waals surface area contributed by atoms with E-state index in [4.69, 9.17) is 0 Å². The SMILES string of the molecule is Cc1ccc(S(=O)(=O)N2CCCCC2C(F)(F)F)cc1C. The average Bonchev–Trinajstić information content (AvgIpc) is 2.41. The topological polar surface area (TPSA) is 37.4 Å². The van der Waals surface area contributed by atoms with Gasteiger partial charge in [0, 0.05) is 6.54 Å². The third-order valence-electron chi connectivity index (χ3n) is 3.92. The van der Waals surface area contributed by atoms with Crippen molar-refractivity contribution in [3.05, 3.63) is 29.3 Å². The van der Waals surface area contributed by atoms with Gasteiger partial charge in [0.1, 0.15) is 6.04 Å². The van der Waals surface area contributed by atoms with Crippen molar-refractivity contribution < 1.29 is 21.6 Å². The summed E-state index contributed by atoms with van der Waals surface area (Å²) < 4.78 is 64.9. The van der Waals surface area contributed by atoms with Gasteiger partial charge in [-0.2, -0.15) is 17.5 Å². The third-order valence-corrected chi connectivity index (χ3v) is 5.82. The van der Waals surface area contributed by atoms with E-state index in [0.29, 0.717) is 17.1 Å². The average molecular weight is 321 g/mol. The van der Waals surface area contributed by atoms with Gasteiger partial charge in [-0.15, -0.1) is 0 Å². The van der Waals surface area contributed by atoms with Crippen molar-refractivity contribution in [2.75, 3.05) is 6.54 Å². The van der Waals surface area contributed by atoms with Crippen LogP contribution in [0.1, 0.15) is 30.4 Å². The van der Waals surface area contributed by atoms with Gasteiger partial charge in [0.2, 0.25) is 10.0 Å². The Hall–Kier alpha value is -1.08. The molecule has 1 heterocycles. The minimum Gasteiger partial charge on any atom is -0.207 e. The first kappa shape index (κ1) is 16.3. The normalized spacial score (nSPS) is 21.5. The first-order chi connectivity index (χ1) is 9.64. The fraction of sp³-hybridized carbons (Fsp3) is 0.571. The lowest BCUT2D eigenvalue weighted by atomic mass is 10.0. The number of halogens is 3. The van der Waals surface area contributed by atoms with Crippen LogP contribution in [-0.2, 0) is 10.0 Å². The first-order valence-electron chi connectivity index (χ1n) is 6.80. The van der Waals surface area contributed by atoms with Crippen LogP contribution in [0.2, 0.25) is 0 Å². The van der Waals surface area contributed by atoms with Crippen LogP contribution in [0.15, 0.2) is 23.1 Å². The van der Waals surface area contributed by atoms with Crippen molar-refractivity contribution >= 4 is 10.0 Å². The number of aryl methyl sites for hydroxylation is 2. The van der Waals surface area contributed by atoms with Crippen molar-refractivity contribution in [2.45, 2.75) is 50.2 Å². The molecule has 2 rings (SSSR count). The summed E-state index contributed by atoms with van der Waals surface area (Å²) in [6.07, 6.45) is -3.86. The lowest BCUT2D eigenvalue weighted by Crippen LogP contribution is -2.51. The number of hydrogen-bond acceptors (Lipinski definition) is 2. The zero-order valence-electron chi connectivity index (χ0n) is 11.9. The van der Waals surface area contributed by atoms with Crippen LogP contribution in [0.25, 0.3) is 0 Å². The lowest BCUT2D eigenvalue weighted by molar-refractivity contribution is -0.177. The largest absolute Gasteiger partial charge is 0.405 e. The molecule has 0 saturated carbocycles. The highest BCUT2D eigenvalue weighted by Crippen LogP contribution is 2.35. The Morgan fingerprint density at radius 1 is 1.14 bits per heavy atom. The van der Waals surface area contributed by atoms with Crippen molar-refractivity contribution in [1.82, 2.24) is 4.31 Å². The molecule has 1 aromatic carbocycles. The van der Waals surface area contributed by atoms with Gasteiger partial charge in [-0.3, -0.25) is 0 Å². The summed E-state index contributed by atoms with van der Waals surface area (Å²) in [6, 6.07) is 2.51. The van der Waals surface area contributed by atoms with E-state index in [1.807, 2.05) is 6.92 Å². The Kier molecular flexibility index (Phi) is 4.35. The molecule has 1 saturated heterocycles. The van der Waals surface area contributed by atoms with Gasteiger partial charge in [0.15, 0.2) is 0 Å². The highest BCUT2D eigenvalue weighted by molar-refractivity contribution is 7.89. The molecule has 0 radical (unpaired) electrons. The quantitative estimate of drug-likeness (QED) is 0.837. The molecule has 1 aliphatic rings. The predicted octanol–water partition coefficient (Wildman–Crippen LogP) is 3.41. The molecular formula is C14H18F3NO2S. The van der Waals surface area contributed by atoms with Crippen molar-refractivity contribution in [3.63, 3.8) is 0 Å². The predicted molar refractivity (Wildman–Crippen MR) is 73.5 cm³/mol. The van der Waals surface area contributed by atoms with Crippen LogP contribution in [0, 0.1) is 13.8 Å². The maximum Gasteiger partial charge on any atom is 0.405 e. The zero-order valence-corrected chi connectivity index (χ0v) is 12.8. The molecule has 0 spiro atoms. The minimum absolute atomic E-state index is 0.0678. The fourth-order valence-electron chi connectivity index (χ4n) is 2.53. The molecule has 118 valence electrons. The Morgan fingerprint density at radius 3 is 2.38 bits per heavy atom. The number of hydrogen-bond donors (Lipinski definition) is 0. The van der Waals surface area contributed by atoms with E-state index >= 15 is 0 Å². The molecule has 0 amide bonds. The number of piperidine rings is 1. The van der Waals surface area contributed by atoms with Gasteiger partial charge < -0.3 is 0 Å². The summed E-state index contributed by atoms with van der Waals surface area (Å²) in [5, 5.41) is 0. The fourth-order valence-corrected chi connectivity index (χ4v) is 4.30. The van der Waals surface area contributed by atoms with Gasteiger partial charge in [-0.05, 0) is 49.9 Å². The summed E-state index contributed by atoms with van der Waals surface area (Å²) in [4.78, 5) is -0.0678. The van der Waals surface area contributed by atoms with E-state index in [2.05, 4.69) is 0 Å². The second-order valence-corrected chi connectivity index (χ2v) is 7.31. The number of alkyl halides is 3. The minimum atomic E-state index is -4.53. The molecule has 1 unspecified atom stereocenters. The molecule has 21 heavy (non-hydrogen) atoms. The molecule has 0 aliphatic carbocycles. The second-order valence-electron chi connectivity index (χ2n) is 5.42. The van der Waals surface area contributed by atoms with Crippen LogP contribution in [0.4, 0.5) is 13.2 Å². The van der Waals surface area contributed by atoms with Gasteiger partial charge in [-0.1, -0.05) is 12.5 Å². The van der Waals surface area contributed by atoms with E-state index in [1.54, 1.807) is 13.0 Å². The molecule has 3 nitrogen and oxygen atoms in total. The van der Waals surface area contributed by atoms with Crippen LogP contribution < -0.4 is 0 Å². The Bertz CT molecular complexity index is 626. The molecule has 1 atom stereocenters. The Morgan fingerprint density at radius 2 is 1.81 bits per heavy atom. The summed E-state index contributed by atoms with van der Waals surface area (Å²) in [5.41, 5.74) is 1.65. The maximum absolute atomic E-state index is 13.1. The smallest absolute Gasteiger partial charge is 0.207 e. The number of sulfonamides is 1. The molecule has 0 N–H and O–H groups in total. The van der Waals surface area contributed by atoms with Crippen LogP contribution in [-0.4, -0.2) is 31.5 Å². The van der Waals surface area contributed by atoms with E-state index in [-0.39, 0.29) is 17.9 Å². The number of nitrogens with zero attached hydrogens (tertiary/aromatic N) is 1. The summed E-state index contributed by atoms with van der Waals surface area (Å²) >= 11 is 0. The third kappa shape index (κ3) is 3.23. The van der Waals surface area contributed by atoms with Crippen molar-refractivity contribution in [3.8, 4) is 0 Å². The first-order valence-corrected chi connectivity index (χ1v) is 8.24. The van der Waals surface area contributed by atoms with E-state index < -0.39 is 22.2 Å². The monoisotopic (exact) mass is 321 g/mol. The Labute approximate surface area is 122 Å². The van der Waals surface area contributed by atoms with Gasteiger partial charge in [-0.25, -0.2) is 8.42 Å². The summed E-state index contributed by atoms with van der Waals surface area (Å²) in [5.74, 6) is 0. The van der Waals surface area contributed by atoms with Crippen LogP contribution in [0.5, 0.6) is 0 Å². The van der Waals surface area contributed by atoms with Crippen molar-refractivity contribution in [1.29, 1.82) is 0 Å².